The Labute approximate surface area is 93.3 Å². The molecule has 2 unspecified atom stereocenters. The molecule has 2 atom stereocenters. The monoisotopic (exact) mass is 206 g/mol. The minimum atomic E-state index is 0.499. The lowest BCUT2D eigenvalue weighted by Gasteiger charge is -2.39. The van der Waals surface area contributed by atoms with Gasteiger partial charge in [-0.3, -0.25) is 4.90 Å². The molecule has 1 aliphatic carbocycles. The lowest BCUT2D eigenvalue weighted by atomic mass is 9.65. The normalized spacial score (nSPS) is 38.9. The highest BCUT2D eigenvalue weighted by Gasteiger charge is 2.49. The van der Waals surface area contributed by atoms with Crippen molar-refractivity contribution in [1.82, 2.24) is 4.90 Å². The number of hydrogen-bond acceptors (Lipinski definition) is 2. The number of likely N-dealkylation sites (tertiary alicyclic amines) is 1. The van der Waals surface area contributed by atoms with Crippen molar-refractivity contribution in [3.63, 3.8) is 0 Å². The maximum Gasteiger partial charge on any atom is 0.0635 e. The van der Waals surface area contributed by atoms with Gasteiger partial charge in [0.1, 0.15) is 0 Å². The van der Waals surface area contributed by atoms with Crippen molar-refractivity contribution in [2.75, 3.05) is 13.1 Å². The number of nitrogens with zero attached hydrogens (tertiary/aromatic N) is 2. The van der Waals surface area contributed by atoms with E-state index in [0.717, 1.165) is 12.6 Å². The van der Waals surface area contributed by atoms with Crippen LogP contribution in [0.1, 0.15) is 46.5 Å². The Kier molecular flexibility index (Phi) is 2.55. The maximum atomic E-state index is 8.66. The Morgan fingerprint density at radius 2 is 2.07 bits per heavy atom. The molecule has 0 aromatic heterocycles. The Bertz CT molecular complexity index is 289. The van der Waals surface area contributed by atoms with E-state index >= 15 is 0 Å². The van der Waals surface area contributed by atoms with Gasteiger partial charge in [0.2, 0.25) is 0 Å². The van der Waals surface area contributed by atoms with E-state index in [4.69, 9.17) is 5.26 Å². The van der Waals surface area contributed by atoms with E-state index < -0.39 is 0 Å². The summed E-state index contributed by atoms with van der Waals surface area (Å²) in [5, 5.41) is 8.66. The Morgan fingerprint density at radius 3 is 2.73 bits per heavy atom. The zero-order valence-corrected chi connectivity index (χ0v) is 10.2. The summed E-state index contributed by atoms with van der Waals surface area (Å²) in [4.78, 5) is 2.55. The SMILES string of the molecule is CC1(C)CC2CC(C)(CN2CCC#N)C1. The van der Waals surface area contributed by atoms with Crippen LogP contribution >= 0.6 is 0 Å². The third-order valence-corrected chi connectivity index (χ3v) is 4.03. The van der Waals surface area contributed by atoms with Gasteiger partial charge in [-0.25, -0.2) is 0 Å². The standard InChI is InChI=1S/C13H22N2/c1-12(2)7-11-8-13(3,9-12)10-15(11)6-4-5-14/h11H,4,6-10H2,1-3H3. The van der Waals surface area contributed by atoms with Gasteiger partial charge >= 0.3 is 0 Å². The van der Waals surface area contributed by atoms with Crippen molar-refractivity contribution < 1.29 is 0 Å². The Morgan fingerprint density at radius 1 is 1.33 bits per heavy atom. The van der Waals surface area contributed by atoms with Crippen LogP contribution < -0.4 is 0 Å². The van der Waals surface area contributed by atoms with Crippen LogP contribution in [0, 0.1) is 22.2 Å². The van der Waals surface area contributed by atoms with E-state index in [-0.39, 0.29) is 0 Å². The molecule has 0 spiro atoms. The summed E-state index contributed by atoms with van der Waals surface area (Å²) in [5.74, 6) is 0. The molecule has 2 fully saturated rings. The third kappa shape index (κ3) is 2.18. The van der Waals surface area contributed by atoms with Gasteiger partial charge in [0.25, 0.3) is 0 Å². The van der Waals surface area contributed by atoms with E-state index in [1.807, 2.05) is 0 Å². The fraction of sp³-hybridized carbons (Fsp3) is 0.923. The molecule has 2 aliphatic rings. The Balaban J connectivity index is 2.07. The van der Waals surface area contributed by atoms with Crippen molar-refractivity contribution >= 4 is 0 Å². The highest BCUT2D eigenvalue weighted by Crippen LogP contribution is 2.52. The average molecular weight is 206 g/mol. The van der Waals surface area contributed by atoms with E-state index in [9.17, 15) is 0 Å². The first kappa shape index (κ1) is 11.0. The van der Waals surface area contributed by atoms with Gasteiger partial charge in [0.15, 0.2) is 0 Å². The van der Waals surface area contributed by atoms with Crippen LogP contribution in [0.4, 0.5) is 0 Å². The lowest BCUT2D eigenvalue weighted by molar-refractivity contribution is 0.127. The molecule has 1 aliphatic heterocycles. The fourth-order valence-electron chi connectivity index (χ4n) is 4.03. The van der Waals surface area contributed by atoms with E-state index in [0.29, 0.717) is 17.3 Å². The van der Waals surface area contributed by atoms with Crippen LogP contribution in [0.5, 0.6) is 0 Å². The molecule has 2 nitrogen and oxygen atoms in total. The van der Waals surface area contributed by atoms with Crippen molar-refractivity contribution in [3.8, 4) is 6.07 Å². The summed E-state index contributed by atoms with van der Waals surface area (Å²) in [5.41, 5.74) is 1.01. The maximum absolute atomic E-state index is 8.66. The number of rotatable bonds is 2. The van der Waals surface area contributed by atoms with Crippen LogP contribution in [0.2, 0.25) is 0 Å². The van der Waals surface area contributed by atoms with Crippen LogP contribution in [-0.2, 0) is 0 Å². The second-order valence-electron chi connectivity index (χ2n) is 6.59. The van der Waals surface area contributed by atoms with Gasteiger partial charge in [-0.2, -0.15) is 5.26 Å². The van der Waals surface area contributed by atoms with Gasteiger partial charge in [-0.15, -0.1) is 0 Å². The molecule has 0 aromatic carbocycles. The van der Waals surface area contributed by atoms with Crippen LogP contribution in [0.3, 0.4) is 0 Å². The van der Waals surface area contributed by atoms with Gasteiger partial charge in [0.05, 0.1) is 6.07 Å². The third-order valence-electron chi connectivity index (χ3n) is 4.03. The molecule has 1 saturated carbocycles. The first-order valence-electron chi connectivity index (χ1n) is 6.05. The van der Waals surface area contributed by atoms with E-state index in [2.05, 4.69) is 31.7 Å². The molecule has 0 amide bonds. The summed E-state index contributed by atoms with van der Waals surface area (Å²) in [6.45, 7) is 9.40. The summed E-state index contributed by atoms with van der Waals surface area (Å²) >= 11 is 0. The van der Waals surface area contributed by atoms with Crippen LogP contribution in [0.15, 0.2) is 0 Å². The van der Waals surface area contributed by atoms with E-state index in [1.54, 1.807) is 0 Å². The topological polar surface area (TPSA) is 27.0 Å². The predicted octanol–water partition coefficient (Wildman–Crippen LogP) is 2.80. The molecule has 0 aromatic rings. The number of fused-ring (bicyclic) bond motifs is 2. The summed E-state index contributed by atoms with van der Waals surface area (Å²) in [7, 11) is 0. The molecule has 1 heterocycles. The smallest absolute Gasteiger partial charge is 0.0635 e. The molecule has 84 valence electrons. The van der Waals surface area contributed by atoms with Gasteiger partial charge in [-0.05, 0) is 30.1 Å². The van der Waals surface area contributed by atoms with Crippen molar-refractivity contribution in [1.29, 1.82) is 5.26 Å². The second kappa shape index (κ2) is 3.49. The van der Waals surface area contributed by atoms with Crippen LogP contribution in [-0.4, -0.2) is 24.0 Å². The zero-order chi connectivity index (χ0) is 11.1. The quantitative estimate of drug-likeness (QED) is 0.694. The molecule has 2 heteroatoms. The first-order chi connectivity index (χ1) is 6.94. The largest absolute Gasteiger partial charge is 0.299 e. The Hall–Kier alpha value is -0.550. The first-order valence-corrected chi connectivity index (χ1v) is 6.05. The number of hydrogen-bond donors (Lipinski definition) is 0. The molecule has 0 radical (unpaired) electrons. The molecular weight excluding hydrogens is 184 g/mol. The van der Waals surface area contributed by atoms with Gasteiger partial charge in [-0.1, -0.05) is 20.8 Å². The van der Waals surface area contributed by atoms with Crippen molar-refractivity contribution in [3.05, 3.63) is 0 Å². The highest BCUT2D eigenvalue weighted by atomic mass is 15.2. The predicted molar refractivity (Wildman–Crippen MR) is 61.3 cm³/mol. The van der Waals surface area contributed by atoms with Gasteiger partial charge < -0.3 is 0 Å². The molecular formula is C13H22N2. The van der Waals surface area contributed by atoms with Crippen molar-refractivity contribution in [2.24, 2.45) is 10.8 Å². The number of nitriles is 1. The fourth-order valence-corrected chi connectivity index (χ4v) is 4.03. The van der Waals surface area contributed by atoms with Crippen LogP contribution in [0.25, 0.3) is 0 Å². The van der Waals surface area contributed by atoms with E-state index in [1.165, 1.54) is 25.8 Å². The average Bonchev–Trinajstić information content (AvgIpc) is 2.31. The zero-order valence-electron chi connectivity index (χ0n) is 10.2. The summed E-state index contributed by atoms with van der Waals surface area (Å²) < 4.78 is 0. The molecule has 0 N–H and O–H groups in total. The molecule has 1 saturated heterocycles. The molecule has 2 bridgehead atoms. The van der Waals surface area contributed by atoms with Crippen molar-refractivity contribution in [2.45, 2.75) is 52.5 Å². The van der Waals surface area contributed by atoms with Gasteiger partial charge in [0, 0.05) is 25.6 Å². The second-order valence-corrected chi connectivity index (χ2v) is 6.59. The summed E-state index contributed by atoms with van der Waals surface area (Å²) in [6.07, 6.45) is 4.70. The highest BCUT2D eigenvalue weighted by molar-refractivity contribution is 5.02. The minimum absolute atomic E-state index is 0.499. The summed E-state index contributed by atoms with van der Waals surface area (Å²) in [6, 6.07) is 3.01. The molecule has 15 heavy (non-hydrogen) atoms. The molecule has 2 rings (SSSR count). The lowest BCUT2D eigenvalue weighted by Crippen LogP contribution is -2.35. The minimum Gasteiger partial charge on any atom is -0.299 e.